The third kappa shape index (κ3) is 17.1. The molecule has 0 radical (unpaired) electrons. The van der Waals surface area contributed by atoms with Gasteiger partial charge in [-0.1, -0.05) is 80.4 Å². The highest BCUT2D eigenvalue weighted by Crippen LogP contribution is 2.22. The number of imidazole rings is 1. The average molecular weight is 1030 g/mol. The molecule has 3 heterocycles. The van der Waals surface area contributed by atoms with Gasteiger partial charge in [-0.15, -0.1) is 0 Å². The van der Waals surface area contributed by atoms with Crippen molar-refractivity contribution in [2.75, 3.05) is 19.6 Å². The van der Waals surface area contributed by atoms with Crippen molar-refractivity contribution in [2.45, 2.75) is 127 Å². The van der Waals surface area contributed by atoms with E-state index in [2.05, 4.69) is 62.5 Å². The van der Waals surface area contributed by atoms with Crippen LogP contribution in [0, 0.1) is 0 Å². The number of hydrogen-bond acceptors (Lipinski definition) is 10. The molecule has 0 spiro atoms. The number of nitrogens with one attached hydrogen (secondary N) is 10. The minimum atomic E-state index is -1.52. The van der Waals surface area contributed by atoms with Gasteiger partial charge in [-0.25, -0.2) is 4.98 Å². The summed E-state index contributed by atoms with van der Waals surface area (Å²) in [4.78, 5) is 127. The second kappa shape index (κ2) is 28.2. The van der Waals surface area contributed by atoms with Crippen LogP contribution in [-0.4, -0.2) is 124 Å². The Hall–Kier alpha value is -8.30. The fourth-order valence-corrected chi connectivity index (χ4v) is 8.97. The third-order valence-corrected chi connectivity index (χ3v) is 12.9. The summed E-state index contributed by atoms with van der Waals surface area (Å²) in [5.74, 6) is -5.52. The molecule has 0 bridgehead atoms. The Balaban J connectivity index is 1.38. The molecule has 6 atom stereocenters. The number of nitrogens with zero attached hydrogens (tertiary/aromatic N) is 2. The number of aromatic amines is 2. The Labute approximate surface area is 434 Å². The maximum Gasteiger partial charge on any atom is 0.243 e. The van der Waals surface area contributed by atoms with Gasteiger partial charge in [0.15, 0.2) is 5.96 Å². The van der Waals surface area contributed by atoms with E-state index in [9.17, 15) is 38.4 Å². The van der Waals surface area contributed by atoms with E-state index in [1.165, 1.54) is 19.4 Å². The van der Waals surface area contributed by atoms with Crippen molar-refractivity contribution in [1.29, 1.82) is 0 Å². The summed E-state index contributed by atoms with van der Waals surface area (Å²) in [6, 6.07) is 12.9. The Kier molecular flexibility index (Phi) is 21.1. The fourth-order valence-electron chi connectivity index (χ4n) is 8.97. The lowest BCUT2D eigenvalue weighted by Crippen LogP contribution is -2.60. The standard InChI is InChI=1S/C53H70N14O8/c1-3-4-19-40(62-32(2)68)48(71)67-45-28-46(69)57-22-10-5-11-23-58-47(70)42(26-35-29-60-39-20-9-8-18-38(35)39)64-49(72)41(21-13-24-59-53(54)55)63-50(73)43(25-34-16-12-15-33-14-6-7-17-37(33)34)65-51(74)44(66-52(45)75)27-36-30-56-31-61-36/h6-9,12,14-18,20,29-31,40-45,60H,3-5,10-11,13,19,21-28H2,1-2H3,(H,56,61)(H,57,69)(H,58,70)(H,62,68)(H,63,73)(H,64,72)(H,65,74)(H,66,75)(H,67,71)(H4,54,55,59)/t40-,41-,42-,43+,44-,45-/m0/s1. The lowest BCUT2D eigenvalue weighted by Gasteiger charge is -2.28. The molecule has 0 saturated carbocycles. The van der Waals surface area contributed by atoms with E-state index in [1.807, 2.05) is 73.7 Å². The van der Waals surface area contributed by atoms with E-state index in [0.29, 0.717) is 43.4 Å². The molecule has 400 valence electrons. The van der Waals surface area contributed by atoms with Gasteiger partial charge in [0.25, 0.3) is 0 Å². The molecule has 75 heavy (non-hydrogen) atoms. The van der Waals surface area contributed by atoms with Gasteiger partial charge in [0.1, 0.15) is 36.3 Å². The van der Waals surface area contributed by atoms with Crippen LogP contribution >= 0.6 is 0 Å². The lowest BCUT2D eigenvalue weighted by atomic mass is 9.97. The first-order valence-corrected chi connectivity index (χ1v) is 25.6. The summed E-state index contributed by atoms with van der Waals surface area (Å²) in [5.41, 5.74) is 14.0. The molecule has 0 aliphatic carbocycles. The minimum Gasteiger partial charge on any atom is -0.370 e. The third-order valence-electron chi connectivity index (χ3n) is 12.9. The number of carbonyl (C=O) groups excluding carboxylic acids is 8. The van der Waals surface area contributed by atoms with E-state index in [1.54, 1.807) is 6.20 Å². The Morgan fingerprint density at radius 3 is 2.07 bits per heavy atom. The van der Waals surface area contributed by atoms with Gasteiger partial charge in [0, 0.05) is 74.8 Å². The van der Waals surface area contributed by atoms with Gasteiger partial charge in [0.2, 0.25) is 47.3 Å². The number of carbonyl (C=O) groups is 8. The molecule has 5 aromatic rings. The van der Waals surface area contributed by atoms with Crippen molar-refractivity contribution in [3.8, 4) is 0 Å². The molecule has 22 nitrogen and oxygen atoms in total. The van der Waals surface area contributed by atoms with Gasteiger partial charge >= 0.3 is 0 Å². The first kappa shape index (κ1) is 56.0. The second-order valence-corrected chi connectivity index (χ2v) is 18.7. The van der Waals surface area contributed by atoms with E-state index in [0.717, 1.165) is 27.2 Å². The zero-order valence-corrected chi connectivity index (χ0v) is 42.5. The fraction of sp³-hybridized carbons (Fsp3) is 0.434. The highest BCUT2D eigenvalue weighted by Gasteiger charge is 2.35. The van der Waals surface area contributed by atoms with E-state index in [4.69, 9.17) is 11.5 Å². The number of guanidine groups is 1. The van der Waals surface area contributed by atoms with Crippen molar-refractivity contribution in [2.24, 2.45) is 16.5 Å². The predicted octanol–water partition coefficient (Wildman–Crippen LogP) is 1.05. The zero-order chi connectivity index (χ0) is 53.7. The molecule has 1 aliphatic rings. The minimum absolute atomic E-state index is 0.0182. The van der Waals surface area contributed by atoms with Gasteiger partial charge in [-0.2, -0.15) is 0 Å². The largest absolute Gasteiger partial charge is 0.370 e. The van der Waals surface area contributed by atoms with Crippen molar-refractivity contribution >= 4 is 74.9 Å². The number of nitrogens with two attached hydrogens (primary N) is 2. The SMILES string of the molecule is CCCC[C@H](NC(C)=O)C(=O)N[C@H]1CC(=O)NCCCCCNC(=O)[C@H](Cc2c[nH]c3ccccc23)NC(=O)[C@H](CCCN=C(N)N)NC(=O)[C@@H](Cc2cccc3ccccc23)NC(=O)[C@H](Cc2cnc[nH]2)NC1=O. The molecular formula is C53H70N14O8. The number of hydrogen-bond donors (Lipinski definition) is 12. The highest BCUT2D eigenvalue weighted by atomic mass is 16.2. The molecule has 0 unspecified atom stereocenters. The molecule has 6 rings (SSSR count). The quantitative estimate of drug-likeness (QED) is 0.0377. The molecule has 1 saturated heterocycles. The zero-order valence-electron chi connectivity index (χ0n) is 42.5. The Bertz CT molecular complexity index is 2790. The van der Waals surface area contributed by atoms with E-state index >= 15 is 0 Å². The number of amides is 8. The number of H-pyrrole nitrogens is 2. The van der Waals surface area contributed by atoms with Gasteiger partial charge in [-0.3, -0.25) is 43.3 Å². The molecule has 1 fully saturated rings. The highest BCUT2D eigenvalue weighted by molar-refractivity contribution is 5.99. The predicted molar refractivity (Wildman–Crippen MR) is 283 cm³/mol. The molecule has 14 N–H and O–H groups in total. The summed E-state index contributed by atoms with van der Waals surface area (Å²) in [6.07, 6.45) is 7.33. The normalized spacial score (nSPS) is 20.3. The molecular weight excluding hydrogens is 961 g/mol. The van der Waals surface area contributed by atoms with Crippen LogP contribution in [0.2, 0.25) is 0 Å². The first-order valence-electron chi connectivity index (χ1n) is 25.6. The summed E-state index contributed by atoms with van der Waals surface area (Å²) in [6.45, 7) is 3.75. The van der Waals surface area contributed by atoms with E-state index < -0.39 is 89.9 Å². The van der Waals surface area contributed by atoms with Crippen LogP contribution in [0.15, 0.2) is 90.4 Å². The summed E-state index contributed by atoms with van der Waals surface area (Å²) >= 11 is 0. The van der Waals surface area contributed by atoms with Crippen LogP contribution in [-0.2, 0) is 57.6 Å². The Morgan fingerprint density at radius 1 is 0.707 bits per heavy atom. The Morgan fingerprint density at radius 2 is 1.35 bits per heavy atom. The number of aliphatic imine (C=N–C) groups is 1. The number of aromatic nitrogens is 3. The first-order chi connectivity index (χ1) is 36.2. The van der Waals surface area contributed by atoms with Crippen molar-refractivity contribution < 1.29 is 38.4 Å². The number of para-hydroxylation sites is 1. The van der Waals surface area contributed by atoms with Crippen LogP contribution in [0.3, 0.4) is 0 Å². The van der Waals surface area contributed by atoms with Crippen LogP contribution in [0.25, 0.3) is 21.7 Å². The monoisotopic (exact) mass is 1030 g/mol. The molecule has 1 aliphatic heterocycles. The van der Waals surface area contributed by atoms with Crippen LogP contribution in [0.4, 0.5) is 0 Å². The van der Waals surface area contributed by atoms with Crippen LogP contribution < -0.4 is 54.0 Å². The van der Waals surface area contributed by atoms with E-state index in [-0.39, 0.29) is 64.1 Å². The lowest BCUT2D eigenvalue weighted by molar-refractivity contribution is -0.136. The summed E-state index contributed by atoms with van der Waals surface area (Å²) < 4.78 is 0. The summed E-state index contributed by atoms with van der Waals surface area (Å²) in [5, 5.41) is 24.9. The molecule has 22 heteroatoms. The summed E-state index contributed by atoms with van der Waals surface area (Å²) in [7, 11) is 0. The van der Waals surface area contributed by atoms with Crippen molar-refractivity contribution in [1.82, 2.24) is 57.5 Å². The van der Waals surface area contributed by atoms with Crippen LogP contribution in [0.5, 0.6) is 0 Å². The number of unbranched alkanes of at least 4 members (excludes halogenated alkanes) is 1. The molecule has 3 aromatic carbocycles. The van der Waals surface area contributed by atoms with Gasteiger partial charge < -0.3 is 64.0 Å². The topological polar surface area (TPSA) is 342 Å². The smallest absolute Gasteiger partial charge is 0.243 e. The number of benzene rings is 3. The maximum absolute atomic E-state index is 15.0. The second-order valence-electron chi connectivity index (χ2n) is 18.7. The average Bonchev–Trinajstić information content (AvgIpc) is 4.06. The van der Waals surface area contributed by atoms with Crippen LogP contribution in [0.1, 0.15) is 88.5 Å². The van der Waals surface area contributed by atoms with Crippen molar-refractivity contribution in [3.63, 3.8) is 0 Å². The van der Waals surface area contributed by atoms with Crippen molar-refractivity contribution in [3.05, 3.63) is 102 Å². The van der Waals surface area contributed by atoms with Gasteiger partial charge in [-0.05, 0) is 66.5 Å². The number of rotatable bonds is 16. The van der Waals surface area contributed by atoms with Gasteiger partial charge in [0.05, 0.1) is 12.7 Å². The molecule has 2 aromatic heterocycles. The number of fused-ring (bicyclic) bond motifs is 2. The maximum atomic E-state index is 15.0. The molecule has 8 amide bonds.